The molecule has 2 N–H and O–H groups in total. The molecule has 18 heavy (non-hydrogen) atoms. The first-order valence-electron chi connectivity index (χ1n) is 5.20. The van der Waals surface area contributed by atoms with Gasteiger partial charge >= 0.3 is 0 Å². The highest BCUT2D eigenvalue weighted by molar-refractivity contribution is 5.55. The summed E-state index contributed by atoms with van der Waals surface area (Å²) in [6.45, 7) is 0. The van der Waals surface area contributed by atoms with E-state index in [0.717, 1.165) is 0 Å². The van der Waals surface area contributed by atoms with E-state index < -0.39 is 0 Å². The average Bonchev–Trinajstić information content (AvgIpc) is 2.41. The van der Waals surface area contributed by atoms with Crippen LogP contribution < -0.4 is 19.9 Å². The molecule has 0 saturated heterocycles. The minimum Gasteiger partial charge on any atom is -0.493 e. The number of nitrogens with two attached hydrogens (primary N) is 1. The predicted octanol–water partition coefficient (Wildman–Crippen LogP) is 1.87. The number of anilines is 1. The fourth-order valence-corrected chi connectivity index (χ4v) is 1.43. The first kappa shape index (κ1) is 12.0. The molecule has 6 nitrogen and oxygen atoms in total. The molecule has 94 valence electrons. The molecule has 0 aliphatic heterocycles. The molecule has 0 atom stereocenters. The summed E-state index contributed by atoms with van der Waals surface area (Å²) in [7, 11) is 3.09. The van der Waals surface area contributed by atoms with E-state index in [1.165, 1.54) is 12.5 Å². The Labute approximate surface area is 104 Å². The lowest BCUT2D eigenvalue weighted by Gasteiger charge is -2.13. The molecule has 6 heteroatoms. The Hall–Kier alpha value is -2.50. The molecule has 1 aromatic carbocycles. The number of hydrogen-bond acceptors (Lipinski definition) is 6. The van der Waals surface area contributed by atoms with Gasteiger partial charge in [-0.15, -0.1) is 0 Å². The summed E-state index contributed by atoms with van der Waals surface area (Å²) in [4.78, 5) is 7.75. The molecule has 2 aromatic rings. The molecule has 0 amide bonds. The largest absolute Gasteiger partial charge is 0.493 e. The summed E-state index contributed by atoms with van der Waals surface area (Å²) in [6.07, 6.45) is 2.82. The third-order valence-electron chi connectivity index (χ3n) is 2.28. The summed E-state index contributed by atoms with van der Waals surface area (Å²) in [5.74, 6) is 1.75. The first-order valence-corrected chi connectivity index (χ1v) is 5.20. The molecular weight excluding hydrogens is 234 g/mol. The maximum absolute atomic E-state index is 5.72. The Morgan fingerprint density at radius 3 is 2.33 bits per heavy atom. The normalized spacial score (nSPS) is 9.89. The molecule has 1 aromatic heterocycles. The maximum atomic E-state index is 5.72. The zero-order valence-corrected chi connectivity index (χ0v) is 10.1. The number of para-hydroxylation sites is 1. The Bertz CT molecular complexity index is 524. The first-order chi connectivity index (χ1) is 8.76. The number of ether oxygens (including phenoxy) is 3. The molecule has 0 aliphatic rings. The van der Waals surface area contributed by atoms with Crippen LogP contribution in [0.15, 0.2) is 30.7 Å². The van der Waals surface area contributed by atoms with Gasteiger partial charge in [-0.25, -0.2) is 4.98 Å². The van der Waals surface area contributed by atoms with Gasteiger partial charge in [0.15, 0.2) is 11.5 Å². The minimum absolute atomic E-state index is 0.257. The Morgan fingerprint density at radius 2 is 1.78 bits per heavy atom. The van der Waals surface area contributed by atoms with Gasteiger partial charge in [0, 0.05) is 0 Å². The van der Waals surface area contributed by atoms with Crippen molar-refractivity contribution in [2.75, 3.05) is 20.0 Å². The quantitative estimate of drug-likeness (QED) is 0.888. The molecular formula is C12H13N3O3. The van der Waals surface area contributed by atoms with Crippen LogP contribution in [0.1, 0.15) is 0 Å². The molecule has 0 aliphatic carbocycles. The monoisotopic (exact) mass is 247 g/mol. The number of benzene rings is 1. The van der Waals surface area contributed by atoms with E-state index in [0.29, 0.717) is 22.9 Å². The van der Waals surface area contributed by atoms with E-state index in [9.17, 15) is 0 Å². The van der Waals surface area contributed by atoms with Crippen molar-refractivity contribution in [2.24, 2.45) is 0 Å². The lowest BCUT2D eigenvalue weighted by atomic mass is 10.3. The fraction of sp³-hybridized carbons (Fsp3) is 0.167. The van der Waals surface area contributed by atoms with Crippen molar-refractivity contribution in [3.05, 3.63) is 30.7 Å². The summed E-state index contributed by atoms with van der Waals surface area (Å²) in [5, 5.41) is 0. The summed E-state index contributed by atoms with van der Waals surface area (Å²) >= 11 is 0. The lowest BCUT2D eigenvalue weighted by Crippen LogP contribution is -1.99. The van der Waals surface area contributed by atoms with Gasteiger partial charge in [-0.3, -0.25) is 0 Å². The van der Waals surface area contributed by atoms with Gasteiger partial charge < -0.3 is 19.9 Å². The summed E-state index contributed by atoms with van der Waals surface area (Å²) < 4.78 is 16.0. The van der Waals surface area contributed by atoms with E-state index >= 15 is 0 Å². The van der Waals surface area contributed by atoms with Crippen molar-refractivity contribution in [3.63, 3.8) is 0 Å². The Balaban J connectivity index is 2.42. The minimum atomic E-state index is 0.257. The van der Waals surface area contributed by atoms with Crippen molar-refractivity contribution in [3.8, 4) is 23.1 Å². The van der Waals surface area contributed by atoms with Crippen LogP contribution in [0.25, 0.3) is 0 Å². The second-order valence-electron chi connectivity index (χ2n) is 3.38. The topological polar surface area (TPSA) is 79.5 Å². The van der Waals surface area contributed by atoms with Gasteiger partial charge in [0.05, 0.1) is 20.4 Å². The van der Waals surface area contributed by atoms with Crippen molar-refractivity contribution < 1.29 is 14.2 Å². The van der Waals surface area contributed by atoms with Crippen molar-refractivity contribution in [1.29, 1.82) is 0 Å². The van der Waals surface area contributed by atoms with Gasteiger partial charge in [-0.2, -0.15) is 4.98 Å². The van der Waals surface area contributed by atoms with Crippen molar-refractivity contribution >= 4 is 5.69 Å². The van der Waals surface area contributed by atoms with Crippen LogP contribution in [0, 0.1) is 0 Å². The second kappa shape index (κ2) is 5.22. The second-order valence-corrected chi connectivity index (χ2v) is 3.38. The predicted molar refractivity (Wildman–Crippen MR) is 66.1 cm³/mol. The zero-order valence-electron chi connectivity index (χ0n) is 10.1. The molecule has 0 spiro atoms. The van der Waals surface area contributed by atoms with Gasteiger partial charge in [0.2, 0.25) is 11.6 Å². The molecule has 0 saturated carbocycles. The molecule has 1 heterocycles. The highest BCUT2D eigenvalue weighted by Gasteiger charge is 2.14. The van der Waals surface area contributed by atoms with Crippen LogP contribution in [-0.2, 0) is 0 Å². The highest BCUT2D eigenvalue weighted by Crippen LogP contribution is 2.40. The number of aromatic nitrogens is 2. The number of hydrogen-bond donors (Lipinski definition) is 1. The smallest absolute Gasteiger partial charge is 0.246 e. The number of nitrogens with zero attached hydrogens (tertiary/aromatic N) is 2. The molecule has 0 bridgehead atoms. The average molecular weight is 247 g/mol. The maximum Gasteiger partial charge on any atom is 0.246 e. The summed E-state index contributed by atoms with van der Waals surface area (Å²) in [5.41, 5.74) is 6.06. The van der Waals surface area contributed by atoms with Crippen LogP contribution >= 0.6 is 0 Å². The van der Waals surface area contributed by atoms with Crippen LogP contribution in [0.4, 0.5) is 5.69 Å². The van der Waals surface area contributed by atoms with E-state index in [2.05, 4.69) is 9.97 Å². The van der Waals surface area contributed by atoms with Gasteiger partial charge in [-0.1, -0.05) is 6.07 Å². The van der Waals surface area contributed by atoms with Gasteiger partial charge in [0.1, 0.15) is 12.0 Å². The van der Waals surface area contributed by atoms with Crippen LogP contribution in [0.3, 0.4) is 0 Å². The number of rotatable bonds is 4. The standard InChI is InChI=1S/C12H13N3O3/c1-16-9-4-3-5-10(17-2)11(9)18-12-8(13)6-14-7-15-12/h3-7H,13H2,1-2H3. The molecule has 0 radical (unpaired) electrons. The van der Waals surface area contributed by atoms with Crippen molar-refractivity contribution in [1.82, 2.24) is 9.97 Å². The number of methoxy groups -OCH3 is 2. The van der Waals surface area contributed by atoms with Crippen LogP contribution in [0.5, 0.6) is 23.1 Å². The van der Waals surface area contributed by atoms with Gasteiger partial charge in [-0.05, 0) is 12.1 Å². The van der Waals surface area contributed by atoms with Crippen LogP contribution in [0.2, 0.25) is 0 Å². The van der Waals surface area contributed by atoms with E-state index in [1.54, 1.807) is 32.4 Å². The summed E-state index contributed by atoms with van der Waals surface area (Å²) in [6, 6.07) is 5.32. The van der Waals surface area contributed by atoms with Crippen molar-refractivity contribution in [2.45, 2.75) is 0 Å². The molecule has 0 unspecified atom stereocenters. The SMILES string of the molecule is COc1cccc(OC)c1Oc1ncncc1N. The zero-order chi connectivity index (χ0) is 13.0. The third-order valence-corrected chi connectivity index (χ3v) is 2.28. The van der Waals surface area contributed by atoms with E-state index in [-0.39, 0.29) is 5.88 Å². The van der Waals surface area contributed by atoms with E-state index in [4.69, 9.17) is 19.9 Å². The van der Waals surface area contributed by atoms with Gasteiger partial charge in [0.25, 0.3) is 0 Å². The molecule has 0 fully saturated rings. The molecule has 2 rings (SSSR count). The highest BCUT2D eigenvalue weighted by atomic mass is 16.5. The Morgan fingerprint density at radius 1 is 1.11 bits per heavy atom. The van der Waals surface area contributed by atoms with E-state index in [1.807, 2.05) is 0 Å². The Kier molecular flexibility index (Phi) is 3.47. The lowest BCUT2D eigenvalue weighted by molar-refractivity contribution is 0.342. The fourth-order valence-electron chi connectivity index (χ4n) is 1.43. The van der Waals surface area contributed by atoms with Crippen LogP contribution in [-0.4, -0.2) is 24.2 Å². The number of nitrogen functional groups attached to an aromatic ring is 1. The third kappa shape index (κ3) is 2.27.